The monoisotopic (exact) mass is 298 g/mol. The predicted molar refractivity (Wildman–Crippen MR) is 76.9 cm³/mol. The SMILES string of the molecule is CCOC(=O)CCS(=O)(=O)N1CCc2c(N)cccc21. The lowest BCUT2D eigenvalue weighted by atomic mass is 10.1. The van der Waals surface area contributed by atoms with Gasteiger partial charge in [-0.25, -0.2) is 8.42 Å². The molecule has 0 fully saturated rings. The summed E-state index contributed by atoms with van der Waals surface area (Å²) in [5.41, 5.74) is 7.92. The minimum atomic E-state index is -3.53. The van der Waals surface area contributed by atoms with Crippen molar-refractivity contribution in [3.63, 3.8) is 0 Å². The number of benzene rings is 1. The molecule has 1 aromatic carbocycles. The van der Waals surface area contributed by atoms with Gasteiger partial charge in [-0.15, -0.1) is 0 Å². The Morgan fingerprint density at radius 2 is 2.20 bits per heavy atom. The van der Waals surface area contributed by atoms with Gasteiger partial charge >= 0.3 is 5.97 Å². The Kier molecular flexibility index (Phi) is 4.17. The van der Waals surface area contributed by atoms with Crippen LogP contribution in [0, 0.1) is 0 Å². The molecule has 0 amide bonds. The van der Waals surface area contributed by atoms with Crippen LogP contribution in [-0.4, -0.2) is 33.3 Å². The number of sulfonamides is 1. The Morgan fingerprint density at radius 3 is 2.90 bits per heavy atom. The van der Waals surface area contributed by atoms with Crippen molar-refractivity contribution in [1.29, 1.82) is 0 Å². The maximum Gasteiger partial charge on any atom is 0.306 e. The summed E-state index contributed by atoms with van der Waals surface area (Å²) >= 11 is 0. The van der Waals surface area contributed by atoms with Crippen molar-refractivity contribution in [2.24, 2.45) is 0 Å². The Labute approximate surface area is 118 Å². The van der Waals surface area contributed by atoms with E-state index in [1.807, 2.05) is 0 Å². The van der Waals surface area contributed by atoms with Crippen LogP contribution in [-0.2, 0) is 26.0 Å². The van der Waals surface area contributed by atoms with Crippen LogP contribution in [0.3, 0.4) is 0 Å². The summed E-state index contributed by atoms with van der Waals surface area (Å²) in [5, 5.41) is 0. The topological polar surface area (TPSA) is 89.7 Å². The van der Waals surface area contributed by atoms with E-state index < -0.39 is 16.0 Å². The maximum atomic E-state index is 12.3. The highest BCUT2D eigenvalue weighted by molar-refractivity contribution is 7.92. The van der Waals surface area contributed by atoms with Gasteiger partial charge in [-0.1, -0.05) is 6.07 Å². The molecule has 1 aromatic rings. The van der Waals surface area contributed by atoms with Crippen LogP contribution in [0.25, 0.3) is 0 Å². The van der Waals surface area contributed by atoms with Gasteiger partial charge in [-0.05, 0) is 25.5 Å². The number of nitrogen functional groups attached to an aromatic ring is 1. The van der Waals surface area contributed by atoms with Crippen LogP contribution in [0.4, 0.5) is 11.4 Å². The molecule has 2 N–H and O–H groups in total. The highest BCUT2D eigenvalue weighted by Gasteiger charge is 2.30. The zero-order chi connectivity index (χ0) is 14.8. The number of anilines is 2. The van der Waals surface area contributed by atoms with Gasteiger partial charge in [0.15, 0.2) is 0 Å². The van der Waals surface area contributed by atoms with Gasteiger partial charge in [-0.3, -0.25) is 9.10 Å². The van der Waals surface area contributed by atoms with Gasteiger partial charge in [0.1, 0.15) is 0 Å². The molecular weight excluding hydrogens is 280 g/mol. The number of esters is 1. The van der Waals surface area contributed by atoms with Gasteiger partial charge in [0, 0.05) is 17.8 Å². The number of nitrogens with two attached hydrogens (primary N) is 1. The summed E-state index contributed by atoms with van der Waals surface area (Å²) in [4.78, 5) is 11.3. The van der Waals surface area contributed by atoms with Crippen molar-refractivity contribution in [3.05, 3.63) is 23.8 Å². The van der Waals surface area contributed by atoms with Crippen molar-refractivity contribution >= 4 is 27.4 Å². The zero-order valence-electron chi connectivity index (χ0n) is 11.3. The molecule has 1 heterocycles. The summed E-state index contributed by atoms with van der Waals surface area (Å²) in [6.45, 7) is 2.31. The fourth-order valence-electron chi connectivity index (χ4n) is 2.28. The second-order valence-corrected chi connectivity index (χ2v) is 6.55. The van der Waals surface area contributed by atoms with Gasteiger partial charge in [0.2, 0.25) is 10.0 Å². The van der Waals surface area contributed by atoms with Crippen LogP contribution >= 0.6 is 0 Å². The lowest BCUT2D eigenvalue weighted by molar-refractivity contribution is -0.142. The van der Waals surface area contributed by atoms with E-state index in [4.69, 9.17) is 10.5 Å². The van der Waals surface area contributed by atoms with Gasteiger partial charge in [-0.2, -0.15) is 0 Å². The summed E-state index contributed by atoms with van der Waals surface area (Å²) in [6, 6.07) is 5.22. The first-order valence-corrected chi connectivity index (χ1v) is 8.10. The largest absolute Gasteiger partial charge is 0.466 e. The lowest BCUT2D eigenvalue weighted by Gasteiger charge is -2.19. The standard InChI is InChI=1S/C13H18N2O4S/c1-2-19-13(16)7-9-20(17,18)15-8-6-10-11(14)4-3-5-12(10)15/h3-5H,2,6-9,14H2,1H3. The zero-order valence-corrected chi connectivity index (χ0v) is 12.1. The number of nitrogens with zero attached hydrogens (tertiary/aromatic N) is 1. The third kappa shape index (κ3) is 2.87. The van der Waals surface area contributed by atoms with Crippen molar-refractivity contribution in [3.8, 4) is 0 Å². The van der Waals surface area contributed by atoms with Crippen molar-refractivity contribution in [1.82, 2.24) is 0 Å². The summed E-state index contributed by atoms with van der Waals surface area (Å²) in [5.74, 6) is -0.747. The van der Waals surface area contributed by atoms with E-state index in [2.05, 4.69) is 0 Å². The molecule has 20 heavy (non-hydrogen) atoms. The van der Waals surface area contributed by atoms with Crippen molar-refractivity contribution < 1.29 is 17.9 Å². The summed E-state index contributed by atoms with van der Waals surface area (Å²) in [7, 11) is -3.53. The molecule has 2 rings (SSSR count). The highest BCUT2D eigenvalue weighted by Crippen LogP contribution is 2.34. The molecule has 0 saturated heterocycles. The first-order valence-electron chi connectivity index (χ1n) is 6.49. The fraction of sp³-hybridized carbons (Fsp3) is 0.462. The van der Waals surface area contributed by atoms with Gasteiger partial charge in [0.25, 0.3) is 0 Å². The van der Waals surface area contributed by atoms with E-state index in [0.717, 1.165) is 5.56 Å². The van der Waals surface area contributed by atoms with Crippen molar-refractivity contribution in [2.75, 3.05) is 28.9 Å². The average molecular weight is 298 g/mol. The van der Waals surface area contributed by atoms with E-state index in [0.29, 0.717) is 24.3 Å². The average Bonchev–Trinajstić information content (AvgIpc) is 2.83. The Hall–Kier alpha value is -1.76. The lowest BCUT2D eigenvalue weighted by Crippen LogP contribution is -2.32. The van der Waals surface area contributed by atoms with Crippen molar-refractivity contribution in [2.45, 2.75) is 19.8 Å². The molecule has 0 bridgehead atoms. The number of hydrogen-bond donors (Lipinski definition) is 1. The number of fused-ring (bicyclic) bond motifs is 1. The third-order valence-corrected chi connectivity index (χ3v) is 5.00. The fourth-order valence-corrected chi connectivity index (χ4v) is 3.76. The maximum absolute atomic E-state index is 12.3. The molecular formula is C13H18N2O4S. The van der Waals surface area contributed by atoms with E-state index in [9.17, 15) is 13.2 Å². The first-order chi connectivity index (χ1) is 9.45. The molecule has 0 aliphatic carbocycles. The molecule has 1 aliphatic rings. The van der Waals surface area contributed by atoms with Gasteiger partial charge in [0.05, 0.1) is 24.5 Å². The molecule has 7 heteroatoms. The number of carbonyl (C=O) groups excluding carboxylic acids is 1. The molecule has 0 spiro atoms. The summed E-state index contributed by atoms with van der Waals surface area (Å²) in [6.07, 6.45) is 0.463. The Balaban J connectivity index is 2.13. The number of hydrogen-bond acceptors (Lipinski definition) is 5. The second-order valence-electron chi connectivity index (χ2n) is 4.54. The van der Waals surface area contributed by atoms with Crippen LogP contribution in [0.15, 0.2) is 18.2 Å². The van der Waals surface area contributed by atoms with Crippen LogP contribution in [0.5, 0.6) is 0 Å². The molecule has 110 valence electrons. The smallest absolute Gasteiger partial charge is 0.306 e. The Bertz CT molecular complexity index is 613. The van der Waals surface area contributed by atoms with E-state index in [1.165, 1.54) is 4.31 Å². The number of ether oxygens (including phenoxy) is 1. The van der Waals surface area contributed by atoms with Crippen LogP contribution in [0.1, 0.15) is 18.9 Å². The van der Waals surface area contributed by atoms with E-state index in [-0.39, 0.29) is 18.8 Å². The quantitative estimate of drug-likeness (QED) is 0.645. The molecule has 0 saturated carbocycles. The molecule has 0 atom stereocenters. The third-order valence-electron chi connectivity index (χ3n) is 3.23. The minimum absolute atomic E-state index is 0.135. The number of carbonyl (C=O) groups is 1. The minimum Gasteiger partial charge on any atom is -0.466 e. The molecule has 1 aliphatic heterocycles. The van der Waals surface area contributed by atoms with E-state index in [1.54, 1.807) is 25.1 Å². The van der Waals surface area contributed by atoms with E-state index >= 15 is 0 Å². The second kappa shape index (κ2) is 5.70. The first kappa shape index (κ1) is 14.6. The number of rotatable bonds is 5. The molecule has 6 nitrogen and oxygen atoms in total. The van der Waals surface area contributed by atoms with Crippen LogP contribution < -0.4 is 10.0 Å². The molecule has 0 aromatic heterocycles. The Morgan fingerprint density at radius 1 is 1.45 bits per heavy atom. The van der Waals surface area contributed by atoms with Crippen LogP contribution in [0.2, 0.25) is 0 Å². The van der Waals surface area contributed by atoms with Gasteiger partial charge < -0.3 is 10.5 Å². The normalized spacial score (nSPS) is 14.2. The summed E-state index contributed by atoms with van der Waals surface area (Å²) < 4.78 is 30.7. The highest BCUT2D eigenvalue weighted by atomic mass is 32.2. The molecule has 0 radical (unpaired) electrons. The predicted octanol–water partition coefficient (Wildman–Crippen LogP) is 0.914. The molecule has 0 unspecified atom stereocenters.